The van der Waals surface area contributed by atoms with E-state index in [0.29, 0.717) is 30.3 Å². The number of hydrogen-bond donors (Lipinski definition) is 1. The highest BCUT2D eigenvalue weighted by Gasteiger charge is 2.30. The molecular weight excluding hydrogens is 284 g/mol. The Labute approximate surface area is 131 Å². The molecule has 1 atom stereocenters. The summed E-state index contributed by atoms with van der Waals surface area (Å²) in [6, 6.07) is 5.30. The van der Waals surface area contributed by atoms with Gasteiger partial charge >= 0.3 is 6.09 Å². The number of likely N-dealkylation sites (tertiary alicyclic amines) is 1. The summed E-state index contributed by atoms with van der Waals surface area (Å²) in [5.74, 6) is 1.27. The Morgan fingerprint density at radius 1 is 1.36 bits per heavy atom. The number of nitrogens with two attached hydrogens (primary N) is 1. The molecule has 6 nitrogen and oxygen atoms in total. The molecule has 1 aliphatic heterocycles. The smallest absolute Gasteiger partial charge is 0.410 e. The van der Waals surface area contributed by atoms with E-state index in [1.807, 2.05) is 20.8 Å². The fraction of sp³-hybridized carbons (Fsp3) is 0.562. The molecule has 1 aliphatic rings. The third kappa shape index (κ3) is 4.19. The van der Waals surface area contributed by atoms with Crippen LogP contribution in [0.1, 0.15) is 27.2 Å². The van der Waals surface area contributed by atoms with Crippen molar-refractivity contribution in [2.75, 3.05) is 25.9 Å². The first-order chi connectivity index (χ1) is 10.3. The molecule has 6 heteroatoms. The van der Waals surface area contributed by atoms with Crippen molar-refractivity contribution in [2.45, 2.75) is 38.9 Å². The second kappa shape index (κ2) is 6.34. The number of benzene rings is 1. The van der Waals surface area contributed by atoms with E-state index in [1.54, 1.807) is 30.2 Å². The number of carbonyl (C=O) groups excluding carboxylic acids is 1. The topological polar surface area (TPSA) is 74.0 Å². The fourth-order valence-electron chi connectivity index (χ4n) is 2.27. The lowest BCUT2D eigenvalue weighted by Crippen LogP contribution is -2.36. The molecule has 2 N–H and O–H groups in total. The zero-order chi connectivity index (χ0) is 16.3. The molecule has 1 amide bonds. The molecule has 0 unspecified atom stereocenters. The molecule has 1 fully saturated rings. The van der Waals surface area contributed by atoms with Gasteiger partial charge in [-0.1, -0.05) is 0 Å². The summed E-state index contributed by atoms with van der Waals surface area (Å²) in [5.41, 5.74) is 5.86. The number of methoxy groups -OCH3 is 1. The molecule has 1 aromatic rings. The van der Waals surface area contributed by atoms with Crippen molar-refractivity contribution < 1.29 is 19.0 Å². The first-order valence-electron chi connectivity index (χ1n) is 7.36. The maximum Gasteiger partial charge on any atom is 0.410 e. The molecular formula is C16H24N2O4. The van der Waals surface area contributed by atoms with Crippen LogP contribution < -0.4 is 15.2 Å². The van der Waals surface area contributed by atoms with E-state index in [2.05, 4.69) is 0 Å². The van der Waals surface area contributed by atoms with E-state index in [-0.39, 0.29) is 12.2 Å². The minimum Gasteiger partial charge on any atom is -0.494 e. The molecule has 1 heterocycles. The van der Waals surface area contributed by atoms with Crippen molar-refractivity contribution in [1.82, 2.24) is 4.90 Å². The largest absolute Gasteiger partial charge is 0.494 e. The van der Waals surface area contributed by atoms with Crippen molar-refractivity contribution in [1.29, 1.82) is 0 Å². The zero-order valence-corrected chi connectivity index (χ0v) is 13.6. The highest BCUT2D eigenvalue weighted by molar-refractivity contribution is 5.68. The summed E-state index contributed by atoms with van der Waals surface area (Å²) >= 11 is 0. The summed E-state index contributed by atoms with van der Waals surface area (Å²) < 4.78 is 16.4. The number of amides is 1. The van der Waals surface area contributed by atoms with E-state index < -0.39 is 5.60 Å². The minimum absolute atomic E-state index is 0.0548. The summed E-state index contributed by atoms with van der Waals surface area (Å²) in [6.45, 7) is 6.72. The van der Waals surface area contributed by atoms with Gasteiger partial charge in [0.15, 0.2) is 0 Å². The highest BCUT2D eigenvalue weighted by atomic mass is 16.6. The van der Waals surface area contributed by atoms with E-state index >= 15 is 0 Å². The number of rotatable bonds is 3. The van der Waals surface area contributed by atoms with Crippen LogP contribution in [0.15, 0.2) is 18.2 Å². The van der Waals surface area contributed by atoms with Crippen molar-refractivity contribution in [3.63, 3.8) is 0 Å². The van der Waals surface area contributed by atoms with Gasteiger partial charge in [-0.25, -0.2) is 4.79 Å². The Balaban J connectivity index is 1.92. The van der Waals surface area contributed by atoms with Crippen LogP contribution in [0.3, 0.4) is 0 Å². The van der Waals surface area contributed by atoms with E-state index in [0.717, 1.165) is 6.42 Å². The maximum absolute atomic E-state index is 12.0. The first kappa shape index (κ1) is 16.3. The Morgan fingerprint density at radius 3 is 2.73 bits per heavy atom. The molecule has 1 saturated heterocycles. The number of nitrogen functional groups attached to an aromatic ring is 1. The predicted octanol–water partition coefficient (Wildman–Crippen LogP) is 2.67. The van der Waals surface area contributed by atoms with Crippen LogP contribution in [-0.4, -0.2) is 42.9 Å². The number of nitrogens with zero attached hydrogens (tertiary/aromatic N) is 1. The molecule has 0 bridgehead atoms. The second-order valence-corrected chi connectivity index (χ2v) is 6.36. The lowest BCUT2D eigenvalue weighted by Gasteiger charge is -2.24. The molecule has 22 heavy (non-hydrogen) atoms. The van der Waals surface area contributed by atoms with Crippen molar-refractivity contribution >= 4 is 11.8 Å². The highest BCUT2D eigenvalue weighted by Crippen LogP contribution is 2.28. The molecule has 0 aliphatic carbocycles. The first-order valence-corrected chi connectivity index (χ1v) is 7.36. The van der Waals surface area contributed by atoms with Gasteiger partial charge in [-0.15, -0.1) is 0 Å². The predicted molar refractivity (Wildman–Crippen MR) is 84.2 cm³/mol. The van der Waals surface area contributed by atoms with Gasteiger partial charge in [0, 0.05) is 19.0 Å². The average molecular weight is 308 g/mol. The van der Waals surface area contributed by atoms with Gasteiger partial charge in [-0.05, 0) is 32.9 Å². The Bertz CT molecular complexity index is 539. The molecule has 1 aromatic carbocycles. The molecule has 0 spiro atoms. The Kier molecular flexibility index (Phi) is 4.68. The van der Waals surface area contributed by atoms with Crippen LogP contribution >= 0.6 is 0 Å². The standard InChI is InChI=1S/C16H24N2O4/c1-16(2,3)22-15(19)18-8-7-12(10-18)21-11-5-6-13(17)14(9-11)20-4/h5-6,9,12H,7-8,10,17H2,1-4H3/t12-/m1/s1. The van der Waals surface area contributed by atoms with Crippen molar-refractivity contribution in [3.05, 3.63) is 18.2 Å². The summed E-state index contributed by atoms with van der Waals surface area (Å²) in [5, 5.41) is 0. The zero-order valence-electron chi connectivity index (χ0n) is 13.6. The van der Waals surface area contributed by atoms with Crippen LogP contribution in [0.25, 0.3) is 0 Å². The van der Waals surface area contributed by atoms with Gasteiger partial charge in [0.05, 0.1) is 19.3 Å². The third-order valence-electron chi connectivity index (χ3n) is 3.30. The quantitative estimate of drug-likeness (QED) is 0.869. The molecule has 0 aromatic heterocycles. The van der Waals surface area contributed by atoms with Crippen LogP contribution in [0, 0.1) is 0 Å². The van der Waals surface area contributed by atoms with Crippen LogP contribution in [0.5, 0.6) is 11.5 Å². The summed E-state index contributed by atoms with van der Waals surface area (Å²) in [7, 11) is 1.56. The van der Waals surface area contributed by atoms with Gasteiger partial charge in [0.2, 0.25) is 0 Å². The van der Waals surface area contributed by atoms with Gasteiger partial charge in [-0.3, -0.25) is 0 Å². The normalized spacial score (nSPS) is 18.2. The van der Waals surface area contributed by atoms with Crippen molar-refractivity contribution in [2.24, 2.45) is 0 Å². The molecule has 122 valence electrons. The monoisotopic (exact) mass is 308 g/mol. The number of anilines is 1. The van der Waals surface area contributed by atoms with Crippen LogP contribution in [0.2, 0.25) is 0 Å². The second-order valence-electron chi connectivity index (χ2n) is 6.36. The fourth-order valence-corrected chi connectivity index (χ4v) is 2.27. The minimum atomic E-state index is -0.486. The van der Waals surface area contributed by atoms with E-state index in [9.17, 15) is 4.79 Å². The van der Waals surface area contributed by atoms with Gasteiger partial charge in [0.1, 0.15) is 23.2 Å². The SMILES string of the molecule is COc1cc(O[C@@H]2CCN(C(=O)OC(C)(C)C)C2)ccc1N. The van der Waals surface area contributed by atoms with Gasteiger partial charge in [-0.2, -0.15) is 0 Å². The number of hydrogen-bond acceptors (Lipinski definition) is 5. The maximum atomic E-state index is 12.0. The summed E-state index contributed by atoms with van der Waals surface area (Å²) in [4.78, 5) is 13.7. The number of ether oxygens (including phenoxy) is 3. The molecule has 2 rings (SSSR count). The average Bonchev–Trinajstić information content (AvgIpc) is 2.87. The molecule has 0 radical (unpaired) electrons. The van der Waals surface area contributed by atoms with Crippen LogP contribution in [-0.2, 0) is 4.74 Å². The van der Waals surface area contributed by atoms with Gasteiger partial charge < -0.3 is 24.8 Å². The van der Waals surface area contributed by atoms with E-state index in [1.165, 1.54) is 0 Å². The van der Waals surface area contributed by atoms with Crippen LogP contribution in [0.4, 0.5) is 10.5 Å². The Morgan fingerprint density at radius 2 is 2.09 bits per heavy atom. The number of carbonyl (C=O) groups is 1. The van der Waals surface area contributed by atoms with Crippen molar-refractivity contribution in [3.8, 4) is 11.5 Å². The van der Waals surface area contributed by atoms with E-state index in [4.69, 9.17) is 19.9 Å². The summed E-state index contributed by atoms with van der Waals surface area (Å²) in [6.07, 6.45) is 0.417. The Hall–Kier alpha value is -2.11. The van der Waals surface area contributed by atoms with Gasteiger partial charge in [0.25, 0.3) is 0 Å². The lowest BCUT2D eigenvalue weighted by atomic mass is 10.2. The lowest BCUT2D eigenvalue weighted by molar-refractivity contribution is 0.0275. The third-order valence-corrected chi connectivity index (χ3v) is 3.30. The molecule has 0 saturated carbocycles.